The number of nitrogens with two attached hydrogens (primary N) is 1. The summed E-state index contributed by atoms with van der Waals surface area (Å²) in [6.07, 6.45) is -0.181. The molecule has 0 aromatic carbocycles. The number of rotatable bonds is 0. The fourth-order valence-corrected chi connectivity index (χ4v) is 4.22. The molecule has 0 bridgehead atoms. The number of carbonyl (C=O) groups is 1. The van der Waals surface area contributed by atoms with E-state index in [0.29, 0.717) is 10.6 Å². The number of carbonyl (C=O) groups excluding carboxylic acids is 1. The molecule has 2 saturated heterocycles. The van der Waals surface area contributed by atoms with Crippen LogP contribution in [-0.4, -0.2) is 39.6 Å². The lowest BCUT2D eigenvalue weighted by Crippen LogP contribution is -2.38. The molecule has 2 N–H and O–H groups in total. The van der Waals surface area contributed by atoms with Crippen molar-refractivity contribution in [2.24, 2.45) is 5.73 Å². The average Bonchev–Trinajstić information content (AvgIpc) is 2.47. The summed E-state index contributed by atoms with van der Waals surface area (Å²) >= 11 is 0. The first-order chi connectivity index (χ1) is 6.38. The van der Waals surface area contributed by atoms with Crippen LogP contribution in [0, 0.1) is 0 Å². The fraction of sp³-hybridized carbons (Fsp3) is 0.889. The Hall–Kier alpha value is -0.420. The van der Waals surface area contributed by atoms with Crippen molar-refractivity contribution in [2.75, 3.05) is 12.4 Å². The minimum Gasteiger partial charge on any atom is -0.444 e. The van der Waals surface area contributed by atoms with E-state index in [1.54, 1.807) is 4.90 Å². The summed E-state index contributed by atoms with van der Waals surface area (Å²) < 4.78 is 5.28. The summed E-state index contributed by atoms with van der Waals surface area (Å²) in [5.74, 6) is 0.843. The van der Waals surface area contributed by atoms with Crippen LogP contribution in [0.25, 0.3) is 0 Å². The van der Waals surface area contributed by atoms with Gasteiger partial charge >= 0.3 is 6.09 Å². The van der Waals surface area contributed by atoms with Gasteiger partial charge in [-0.2, -0.15) is 0 Å². The number of ether oxygens (including phenoxy) is 1. The van der Waals surface area contributed by atoms with E-state index in [0.717, 1.165) is 12.4 Å². The SMILES string of the molecule is CC(C)(C)OC(=O)N1CC2[C@@H](N)[SH]2C1. The molecule has 4 nitrogen and oxygen atoms in total. The van der Waals surface area contributed by atoms with Gasteiger partial charge in [0, 0.05) is 17.2 Å². The zero-order valence-corrected chi connectivity index (χ0v) is 9.75. The van der Waals surface area contributed by atoms with Crippen LogP contribution in [0.1, 0.15) is 20.8 Å². The van der Waals surface area contributed by atoms with Gasteiger partial charge in [-0.3, -0.25) is 4.90 Å². The maximum atomic E-state index is 11.6. The second kappa shape index (κ2) is 3.03. The molecule has 0 spiro atoms. The van der Waals surface area contributed by atoms with Gasteiger partial charge in [-0.25, -0.2) is 15.7 Å². The summed E-state index contributed by atoms with van der Waals surface area (Å²) in [4.78, 5) is 13.4. The number of nitrogens with zero attached hydrogens (tertiary/aromatic N) is 1. The number of fused-ring (bicyclic) bond motifs is 1. The van der Waals surface area contributed by atoms with Gasteiger partial charge in [-0.1, -0.05) is 0 Å². The summed E-state index contributed by atoms with van der Waals surface area (Å²) in [6, 6.07) is 0. The van der Waals surface area contributed by atoms with E-state index < -0.39 is 0 Å². The van der Waals surface area contributed by atoms with E-state index in [1.165, 1.54) is 0 Å². The van der Waals surface area contributed by atoms with Crippen molar-refractivity contribution in [3.05, 3.63) is 0 Å². The zero-order chi connectivity index (χ0) is 10.5. The Labute approximate surface area is 87.1 Å². The molecule has 2 fully saturated rings. The Morgan fingerprint density at radius 1 is 1.57 bits per heavy atom. The van der Waals surface area contributed by atoms with Crippen molar-refractivity contribution in [3.63, 3.8) is 0 Å². The molecule has 1 amide bonds. The first kappa shape index (κ1) is 10.1. The number of hydrogen-bond donors (Lipinski definition) is 2. The zero-order valence-electron chi connectivity index (χ0n) is 8.86. The molecule has 14 heavy (non-hydrogen) atoms. The lowest BCUT2D eigenvalue weighted by molar-refractivity contribution is 0.0298. The third-order valence-corrected chi connectivity index (χ3v) is 5.29. The number of thiol groups is 1. The van der Waals surface area contributed by atoms with Crippen LogP contribution in [0.2, 0.25) is 0 Å². The minimum atomic E-state index is -0.390. The van der Waals surface area contributed by atoms with Crippen LogP contribution in [0.3, 0.4) is 0 Å². The molecule has 5 heteroatoms. The molecule has 2 aliphatic heterocycles. The summed E-state index contributed by atoms with van der Waals surface area (Å²) in [5, 5.41) is 0.987. The minimum absolute atomic E-state index is 0.0700. The largest absolute Gasteiger partial charge is 0.444 e. The predicted octanol–water partition coefficient (Wildman–Crippen LogP) is 0.863. The monoisotopic (exact) mass is 218 g/mol. The van der Waals surface area contributed by atoms with Gasteiger partial charge in [0.2, 0.25) is 0 Å². The Morgan fingerprint density at radius 2 is 2.21 bits per heavy atom. The van der Waals surface area contributed by atoms with E-state index in [-0.39, 0.29) is 22.6 Å². The van der Waals surface area contributed by atoms with E-state index in [9.17, 15) is 4.79 Å². The molecule has 2 heterocycles. The Kier molecular flexibility index (Phi) is 2.19. The van der Waals surface area contributed by atoms with Gasteiger partial charge in [0.15, 0.2) is 0 Å². The fourth-order valence-electron chi connectivity index (χ4n) is 1.71. The van der Waals surface area contributed by atoms with Gasteiger partial charge < -0.3 is 10.5 Å². The third-order valence-electron chi connectivity index (χ3n) is 2.51. The van der Waals surface area contributed by atoms with Crippen molar-refractivity contribution in [2.45, 2.75) is 37.0 Å². The van der Waals surface area contributed by atoms with Crippen LogP contribution in [0.5, 0.6) is 0 Å². The van der Waals surface area contributed by atoms with Gasteiger partial charge in [0.25, 0.3) is 0 Å². The van der Waals surface area contributed by atoms with E-state index in [1.807, 2.05) is 20.8 Å². The lowest BCUT2D eigenvalue weighted by Gasteiger charge is -2.25. The van der Waals surface area contributed by atoms with Gasteiger partial charge in [-0.05, 0) is 20.8 Å². The van der Waals surface area contributed by atoms with Crippen LogP contribution in [0.4, 0.5) is 4.79 Å². The maximum absolute atomic E-state index is 11.6. The van der Waals surface area contributed by atoms with Crippen molar-refractivity contribution in [1.29, 1.82) is 0 Å². The van der Waals surface area contributed by atoms with Crippen molar-refractivity contribution in [3.8, 4) is 0 Å². The molecule has 0 saturated carbocycles. The molecule has 0 aliphatic carbocycles. The highest BCUT2D eigenvalue weighted by molar-refractivity contribution is 8.24. The first-order valence-electron chi connectivity index (χ1n) is 4.88. The first-order valence-corrected chi connectivity index (χ1v) is 6.54. The maximum Gasteiger partial charge on any atom is 0.410 e. The van der Waals surface area contributed by atoms with E-state index in [2.05, 4.69) is 0 Å². The van der Waals surface area contributed by atoms with E-state index in [4.69, 9.17) is 10.5 Å². The van der Waals surface area contributed by atoms with Crippen molar-refractivity contribution in [1.82, 2.24) is 4.90 Å². The molecule has 0 aromatic heterocycles. The average molecular weight is 218 g/mol. The van der Waals surface area contributed by atoms with Gasteiger partial charge in [-0.15, -0.1) is 0 Å². The smallest absolute Gasteiger partial charge is 0.410 e. The molecule has 82 valence electrons. The second-order valence-corrected chi connectivity index (χ2v) is 7.49. The molecular weight excluding hydrogens is 200 g/mol. The summed E-state index contributed by atoms with van der Waals surface area (Å²) in [5.41, 5.74) is 5.42. The molecule has 3 atom stereocenters. The lowest BCUT2D eigenvalue weighted by atomic mass is 10.2. The topological polar surface area (TPSA) is 55.6 Å². The molecule has 2 rings (SSSR count). The van der Waals surface area contributed by atoms with Crippen LogP contribution in [0.15, 0.2) is 0 Å². The highest BCUT2D eigenvalue weighted by Gasteiger charge is 2.52. The highest BCUT2D eigenvalue weighted by Crippen LogP contribution is 2.59. The van der Waals surface area contributed by atoms with Gasteiger partial charge in [0.1, 0.15) is 5.60 Å². The van der Waals surface area contributed by atoms with Crippen LogP contribution in [-0.2, 0) is 4.74 Å². The number of hydrogen-bond acceptors (Lipinski definition) is 3. The van der Waals surface area contributed by atoms with Crippen LogP contribution < -0.4 is 5.73 Å². The van der Waals surface area contributed by atoms with Gasteiger partial charge in [0.05, 0.1) is 5.88 Å². The Morgan fingerprint density at radius 3 is 2.64 bits per heavy atom. The molecular formula is C9H18N2O2S. The standard InChI is InChI=1S/C9H18N2O2S/c1-9(2,3)13-8(12)11-4-6-7(10)14(6)5-11/h6-7,14H,4-5,10H2,1-3H3/t6?,7-/m0/s1. The predicted molar refractivity (Wildman–Crippen MR) is 58.6 cm³/mol. The quantitative estimate of drug-likeness (QED) is 0.468. The molecule has 0 aromatic rings. The summed E-state index contributed by atoms with van der Waals surface area (Å²) in [7, 11) is -0.0700. The molecule has 2 aliphatic rings. The second-order valence-electron chi connectivity index (χ2n) is 4.92. The summed E-state index contributed by atoms with van der Waals surface area (Å²) in [6.45, 7) is 6.47. The normalized spacial score (nSPS) is 38.0. The van der Waals surface area contributed by atoms with Crippen LogP contribution >= 0.6 is 10.9 Å². The number of amides is 1. The molecule has 0 radical (unpaired) electrons. The highest BCUT2D eigenvalue weighted by atomic mass is 32.2. The van der Waals surface area contributed by atoms with E-state index >= 15 is 0 Å². The Balaban J connectivity index is 1.84. The Bertz CT molecular complexity index is 252. The van der Waals surface area contributed by atoms with Crippen molar-refractivity contribution < 1.29 is 9.53 Å². The molecule has 2 unspecified atom stereocenters. The third kappa shape index (κ3) is 1.83. The van der Waals surface area contributed by atoms with Crippen molar-refractivity contribution >= 4 is 17.0 Å².